The molecule has 32 heavy (non-hydrogen) atoms. The van der Waals surface area contributed by atoms with Crippen molar-refractivity contribution in [3.63, 3.8) is 0 Å². The summed E-state index contributed by atoms with van der Waals surface area (Å²) >= 11 is 12.2. The first-order valence-electron chi connectivity index (χ1n) is 9.89. The fraction of sp³-hybridized carbons (Fsp3) is 0.174. The summed E-state index contributed by atoms with van der Waals surface area (Å²) < 4.78 is 9.07. The van der Waals surface area contributed by atoms with E-state index in [0.717, 1.165) is 17.0 Å². The molecule has 2 heterocycles. The Hall–Kier alpha value is -3.29. The van der Waals surface area contributed by atoms with E-state index < -0.39 is 0 Å². The van der Waals surface area contributed by atoms with E-state index in [-0.39, 0.29) is 12.6 Å². The number of halogens is 2. The number of benzene rings is 2. The summed E-state index contributed by atoms with van der Waals surface area (Å²) in [5, 5.41) is 12.8. The number of hydrogen-bond donors (Lipinski definition) is 1. The molecule has 1 N–H and O–H groups in total. The van der Waals surface area contributed by atoms with Gasteiger partial charge in [-0.05, 0) is 49.7 Å². The number of anilines is 1. The molecule has 164 valence electrons. The zero-order chi connectivity index (χ0) is 22.7. The topological polar surface area (TPSA) is 74.0 Å². The fourth-order valence-corrected chi connectivity index (χ4v) is 3.53. The lowest BCUT2D eigenvalue weighted by molar-refractivity contribution is 0.102. The first kappa shape index (κ1) is 21.9. The van der Waals surface area contributed by atoms with Crippen molar-refractivity contribution in [2.45, 2.75) is 27.1 Å². The van der Waals surface area contributed by atoms with Crippen molar-refractivity contribution in [2.75, 3.05) is 5.32 Å². The van der Waals surface area contributed by atoms with Crippen LogP contribution in [-0.2, 0) is 13.3 Å². The maximum Gasteiger partial charge on any atom is 0.255 e. The van der Waals surface area contributed by atoms with Crippen LogP contribution in [0.1, 0.15) is 27.3 Å². The zero-order valence-electron chi connectivity index (χ0n) is 17.5. The molecule has 0 aliphatic heterocycles. The summed E-state index contributed by atoms with van der Waals surface area (Å²) in [5.74, 6) is 0.410. The van der Waals surface area contributed by atoms with Gasteiger partial charge in [-0.1, -0.05) is 41.4 Å². The molecule has 0 unspecified atom stereocenters. The molecular formula is C23H21Cl2N5O2. The lowest BCUT2D eigenvalue weighted by Gasteiger charge is -2.08. The number of aromatic nitrogens is 4. The van der Waals surface area contributed by atoms with Gasteiger partial charge in [0.1, 0.15) is 5.75 Å². The molecule has 2 aromatic heterocycles. The molecule has 2 aromatic carbocycles. The largest absolute Gasteiger partial charge is 0.471 e. The SMILES string of the molecule is Cc1nn(Cc2cccc(C(=O)Nc3cnn(COc4cccc(Cl)c4)c3)c2)c(C)c1Cl. The third-order valence-electron chi connectivity index (χ3n) is 4.87. The Labute approximate surface area is 195 Å². The van der Waals surface area contributed by atoms with Crippen LogP contribution in [-0.4, -0.2) is 25.5 Å². The molecule has 0 atom stereocenters. The van der Waals surface area contributed by atoms with Crippen LogP contribution in [0, 0.1) is 13.8 Å². The van der Waals surface area contributed by atoms with Crippen molar-refractivity contribution in [1.82, 2.24) is 19.6 Å². The van der Waals surface area contributed by atoms with Gasteiger partial charge in [0.2, 0.25) is 0 Å². The molecule has 4 aromatic rings. The molecule has 4 rings (SSSR count). The van der Waals surface area contributed by atoms with Crippen LogP contribution in [0.4, 0.5) is 5.69 Å². The van der Waals surface area contributed by atoms with Crippen LogP contribution in [0.3, 0.4) is 0 Å². The van der Waals surface area contributed by atoms with E-state index in [4.69, 9.17) is 27.9 Å². The molecule has 0 saturated carbocycles. The second-order valence-electron chi connectivity index (χ2n) is 7.30. The van der Waals surface area contributed by atoms with Gasteiger partial charge in [0.05, 0.1) is 41.0 Å². The standard InChI is InChI=1S/C23H21Cl2N5O2/c1-15-22(25)16(2)30(28-15)12-17-5-3-6-18(9-17)23(31)27-20-11-26-29(13-20)14-32-21-8-4-7-19(24)10-21/h3-11,13H,12,14H2,1-2H3,(H,27,31). The van der Waals surface area contributed by atoms with Gasteiger partial charge in [0.15, 0.2) is 6.73 Å². The van der Waals surface area contributed by atoms with E-state index in [0.29, 0.717) is 33.6 Å². The van der Waals surface area contributed by atoms with Crippen LogP contribution in [0.2, 0.25) is 10.0 Å². The fourth-order valence-electron chi connectivity index (χ4n) is 3.21. The molecule has 0 bridgehead atoms. The number of carbonyl (C=O) groups is 1. The van der Waals surface area contributed by atoms with E-state index in [9.17, 15) is 4.79 Å². The monoisotopic (exact) mass is 469 g/mol. The Kier molecular flexibility index (Phi) is 6.48. The van der Waals surface area contributed by atoms with Gasteiger partial charge in [-0.2, -0.15) is 10.2 Å². The lowest BCUT2D eigenvalue weighted by atomic mass is 10.1. The number of nitrogens with one attached hydrogen (secondary N) is 1. The molecule has 1 amide bonds. The number of amides is 1. The quantitative estimate of drug-likeness (QED) is 0.396. The van der Waals surface area contributed by atoms with Gasteiger partial charge in [-0.15, -0.1) is 0 Å². The van der Waals surface area contributed by atoms with Gasteiger partial charge in [0.25, 0.3) is 5.91 Å². The molecule has 0 radical (unpaired) electrons. The zero-order valence-corrected chi connectivity index (χ0v) is 19.1. The van der Waals surface area contributed by atoms with Crippen molar-refractivity contribution in [2.24, 2.45) is 0 Å². The van der Waals surface area contributed by atoms with E-state index in [1.165, 1.54) is 0 Å². The first-order chi connectivity index (χ1) is 15.4. The van der Waals surface area contributed by atoms with Crippen molar-refractivity contribution in [3.8, 4) is 5.75 Å². The highest BCUT2D eigenvalue weighted by atomic mass is 35.5. The number of hydrogen-bond acceptors (Lipinski definition) is 4. The summed E-state index contributed by atoms with van der Waals surface area (Å²) in [6.07, 6.45) is 3.27. The number of ether oxygens (including phenoxy) is 1. The minimum absolute atomic E-state index is 0.191. The number of nitrogens with zero attached hydrogens (tertiary/aromatic N) is 4. The van der Waals surface area contributed by atoms with E-state index >= 15 is 0 Å². The Morgan fingerprint density at radius 2 is 1.94 bits per heavy atom. The van der Waals surface area contributed by atoms with Crippen LogP contribution in [0.15, 0.2) is 60.9 Å². The van der Waals surface area contributed by atoms with Crippen molar-refractivity contribution in [3.05, 3.63) is 93.5 Å². The predicted molar refractivity (Wildman–Crippen MR) is 125 cm³/mol. The van der Waals surface area contributed by atoms with Crippen molar-refractivity contribution in [1.29, 1.82) is 0 Å². The Bertz CT molecular complexity index is 1270. The molecule has 0 spiro atoms. The summed E-state index contributed by atoms with van der Waals surface area (Å²) in [4.78, 5) is 12.7. The number of carbonyl (C=O) groups excluding carboxylic acids is 1. The molecule has 0 aliphatic rings. The Morgan fingerprint density at radius 3 is 2.69 bits per heavy atom. The van der Waals surface area contributed by atoms with Gasteiger partial charge in [-0.3, -0.25) is 9.48 Å². The summed E-state index contributed by atoms with van der Waals surface area (Å²) in [6, 6.07) is 14.5. The predicted octanol–water partition coefficient (Wildman–Crippen LogP) is 5.34. The smallest absolute Gasteiger partial charge is 0.255 e. The van der Waals surface area contributed by atoms with E-state index in [1.54, 1.807) is 35.3 Å². The second kappa shape index (κ2) is 9.46. The lowest BCUT2D eigenvalue weighted by Crippen LogP contribution is -2.12. The molecule has 0 saturated heterocycles. The minimum atomic E-state index is -0.228. The Balaban J connectivity index is 1.39. The summed E-state index contributed by atoms with van der Waals surface area (Å²) in [5.41, 5.74) is 3.74. The van der Waals surface area contributed by atoms with Crippen LogP contribution < -0.4 is 10.1 Å². The van der Waals surface area contributed by atoms with Crippen LogP contribution in [0.5, 0.6) is 5.75 Å². The average molecular weight is 470 g/mol. The van der Waals surface area contributed by atoms with E-state index in [2.05, 4.69) is 15.5 Å². The maximum absolute atomic E-state index is 12.7. The van der Waals surface area contributed by atoms with E-state index in [1.807, 2.05) is 48.9 Å². The molecular weight excluding hydrogens is 449 g/mol. The van der Waals surface area contributed by atoms with Crippen LogP contribution in [0.25, 0.3) is 0 Å². The maximum atomic E-state index is 12.7. The molecule has 7 nitrogen and oxygen atoms in total. The Morgan fingerprint density at radius 1 is 1.12 bits per heavy atom. The van der Waals surface area contributed by atoms with Gasteiger partial charge in [0, 0.05) is 10.6 Å². The number of aryl methyl sites for hydroxylation is 1. The first-order valence-corrected chi connectivity index (χ1v) is 10.7. The normalized spacial score (nSPS) is 10.9. The van der Waals surface area contributed by atoms with Crippen LogP contribution >= 0.6 is 23.2 Å². The average Bonchev–Trinajstić information content (AvgIpc) is 3.32. The second-order valence-corrected chi connectivity index (χ2v) is 8.11. The molecule has 9 heteroatoms. The molecule has 0 fully saturated rings. The van der Waals surface area contributed by atoms with Gasteiger partial charge >= 0.3 is 0 Å². The third-order valence-corrected chi connectivity index (χ3v) is 5.65. The third kappa shape index (κ3) is 5.12. The van der Waals surface area contributed by atoms with Crippen molar-refractivity contribution >= 4 is 34.8 Å². The number of rotatable bonds is 7. The minimum Gasteiger partial charge on any atom is -0.471 e. The summed E-state index contributed by atoms with van der Waals surface area (Å²) in [6.45, 7) is 4.51. The van der Waals surface area contributed by atoms with Gasteiger partial charge < -0.3 is 10.1 Å². The highest BCUT2D eigenvalue weighted by molar-refractivity contribution is 6.31. The highest BCUT2D eigenvalue weighted by Gasteiger charge is 2.12. The van der Waals surface area contributed by atoms with Gasteiger partial charge in [-0.25, -0.2) is 4.68 Å². The summed E-state index contributed by atoms with van der Waals surface area (Å²) in [7, 11) is 0. The highest BCUT2D eigenvalue weighted by Crippen LogP contribution is 2.21. The molecule has 0 aliphatic carbocycles. The van der Waals surface area contributed by atoms with Crippen molar-refractivity contribution < 1.29 is 9.53 Å².